The molecule has 152 valence electrons. The Labute approximate surface area is 173 Å². The predicted octanol–water partition coefficient (Wildman–Crippen LogP) is 5.39. The molecular weight excluding hydrogens is 384 g/mol. The smallest absolute Gasteiger partial charge is 0.132 e. The van der Waals surface area contributed by atoms with Crippen molar-refractivity contribution in [2.75, 3.05) is 13.7 Å². The first-order valence-corrected chi connectivity index (χ1v) is 9.64. The van der Waals surface area contributed by atoms with Gasteiger partial charge in [0.2, 0.25) is 0 Å². The van der Waals surface area contributed by atoms with Crippen LogP contribution in [0, 0.1) is 11.6 Å². The molecule has 0 aliphatic carbocycles. The lowest BCUT2D eigenvalue weighted by molar-refractivity contribution is 0.177. The van der Waals surface area contributed by atoms with Gasteiger partial charge in [0.15, 0.2) is 0 Å². The van der Waals surface area contributed by atoms with Gasteiger partial charge in [-0.05, 0) is 60.5 Å². The highest BCUT2D eigenvalue weighted by atomic mass is 19.1. The molecule has 4 nitrogen and oxygen atoms in total. The maximum absolute atomic E-state index is 14.9. The number of hydrogen-bond donors (Lipinski definition) is 1. The Morgan fingerprint density at radius 1 is 1.00 bits per heavy atom. The van der Waals surface area contributed by atoms with Gasteiger partial charge >= 0.3 is 0 Å². The molecule has 1 atom stereocenters. The van der Waals surface area contributed by atoms with Crippen molar-refractivity contribution in [1.29, 1.82) is 0 Å². The largest absolute Gasteiger partial charge is 0.384 e. The Morgan fingerprint density at radius 3 is 2.57 bits per heavy atom. The highest BCUT2D eigenvalue weighted by molar-refractivity contribution is 5.71. The molecule has 4 rings (SSSR count). The Kier molecular flexibility index (Phi) is 5.95. The van der Waals surface area contributed by atoms with Crippen molar-refractivity contribution in [2.24, 2.45) is 0 Å². The highest BCUT2D eigenvalue weighted by Crippen LogP contribution is 2.32. The number of hydrogen-bond acceptors (Lipinski definition) is 3. The Balaban J connectivity index is 1.69. The summed E-state index contributed by atoms with van der Waals surface area (Å²) < 4.78 is 33.5. The van der Waals surface area contributed by atoms with Crippen LogP contribution in [0.3, 0.4) is 0 Å². The molecule has 0 aliphatic rings. The Morgan fingerprint density at radius 2 is 1.83 bits per heavy atom. The Bertz CT molecular complexity index is 1110. The van der Waals surface area contributed by atoms with Crippen LogP contribution < -0.4 is 0 Å². The van der Waals surface area contributed by atoms with Crippen LogP contribution in [0.25, 0.3) is 22.5 Å². The summed E-state index contributed by atoms with van der Waals surface area (Å²) in [5.74, 6) is -0.667. The predicted molar refractivity (Wildman–Crippen MR) is 112 cm³/mol. The van der Waals surface area contributed by atoms with Crippen LogP contribution in [0.15, 0.2) is 72.9 Å². The van der Waals surface area contributed by atoms with E-state index in [-0.39, 0.29) is 17.6 Å². The molecule has 0 radical (unpaired) electrons. The van der Waals surface area contributed by atoms with Crippen LogP contribution in [-0.2, 0) is 11.2 Å². The average Bonchev–Trinajstić information content (AvgIpc) is 3.24. The first-order chi connectivity index (χ1) is 14.7. The van der Waals surface area contributed by atoms with E-state index >= 15 is 0 Å². The highest BCUT2D eigenvalue weighted by Gasteiger charge is 2.20. The van der Waals surface area contributed by atoms with Crippen LogP contribution in [0.2, 0.25) is 0 Å². The summed E-state index contributed by atoms with van der Waals surface area (Å²) in [6.07, 6.45) is 2.30. The zero-order chi connectivity index (χ0) is 20.9. The van der Waals surface area contributed by atoms with E-state index in [1.807, 2.05) is 24.3 Å². The van der Waals surface area contributed by atoms with Gasteiger partial charge in [-0.1, -0.05) is 18.2 Å². The van der Waals surface area contributed by atoms with E-state index in [1.165, 1.54) is 18.2 Å². The molecule has 0 fully saturated rings. The third kappa shape index (κ3) is 4.28. The molecule has 30 heavy (non-hydrogen) atoms. The van der Waals surface area contributed by atoms with Crippen LogP contribution in [0.4, 0.5) is 8.78 Å². The second kappa shape index (κ2) is 8.97. The van der Waals surface area contributed by atoms with Gasteiger partial charge < -0.3 is 4.74 Å². The summed E-state index contributed by atoms with van der Waals surface area (Å²) >= 11 is 0. The van der Waals surface area contributed by atoms with Crippen molar-refractivity contribution < 1.29 is 13.5 Å². The third-order valence-corrected chi connectivity index (χ3v) is 5.03. The van der Waals surface area contributed by atoms with E-state index in [0.717, 1.165) is 16.8 Å². The van der Waals surface area contributed by atoms with Gasteiger partial charge in [-0.3, -0.25) is 10.1 Å². The number of aromatic nitrogens is 3. The van der Waals surface area contributed by atoms with Gasteiger partial charge in [0.05, 0.1) is 18.0 Å². The van der Waals surface area contributed by atoms with Crippen molar-refractivity contribution >= 4 is 0 Å². The molecule has 0 saturated heterocycles. The molecule has 4 aromatic rings. The summed E-state index contributed by atoms with van der Waals surface area (Å²) in [5, 5.41) is 7.23. The van der Waals surface area contributed by atoms with E-state index in [0.29, 0.717) is 30.0 Å². The minimum atomic E-state index is -0.334. The van der Waals surface area contributed by atoms with E-state index < -0.39 is 0 Å². The fourth-order valence-corrected chi connectivity index (χ4v) is 3.59. The molecule has 0 amide bonds. The average molecular weight is 405 g/mol. The van der Waals surface area contributed by atoms with Gasteiger partial charge in [-0.25, -0.2) is 8.78 Å². The standard InChI is InChI=1S/C24H21F2N3O/c1-30-15-18(21-7-2-3-12-27-21)13-17-5-4-6-20(26)24(17)23-14-22(28-29-23)16-8-10-19(25)11-9-16/h2-12,14,18H,13,15H2,1H3,(H,28,29). The summed E-state index contributed by atoms with van der Waals surface area (Å²) in [6, 6.07) is 18.6. The number of nitrogens with zero attached hydrogens (tertiary/aromatic N) is 2. The van der Waals surface area contributed by atoms with E-state index in [9.17, 15) is 8.78 Å². The summed E-state index contributed by atoms with van der Waals surface area (Å²) in [4.78, 5) is 4.45. The minimum Gasteiger partial charge on any atom is -0.384 e. The molecule has 1 unspecified atom stereocenters. The van der Waals surface area contributed by atoms with Crippen molar-refractivity contribution in [1.82, 2.24) is 15.2 Å². The number of ether oxygens (including phenoxy) is 1. The lowest BCUT2D eigenvalue weighted by Crippen LogP contribution is -2.12. The fourth-order valence-electron chi connectivity index (χ4n) is 3.59. The lowest BCUT2D eigenvalue weighted by atomic mass is 9.92. The number of methoxy groups -OCH3 is 1. The molecule has 2 aromatic heterocycles. The van der Waals surface area contributed by atoms with Crippen molar-refractivity contribution in [2.45, 2.75) is 12.3 Å². The zero-order valence-electron chi connectivity index (χ0n) is 16.5. The summed E-state index contributed by atoms with van der Waals surface area (Å²) in [5.41, 5.74) is 4.14. The van der Waals surface area contributed by atoms with Gasteiger partial charge in [-0.2, -0.15) is 5.10 Å². The molecule has 0 bridgehead atoms. The monoisotopic (exact) mass is 405 g/mol. The molecule has 2 aromatic carbocycles. The van der Waals surface area contributed by atoms with Crippen LogP contribution >= 0.6 is 0 Å². The summed E-state index contributed by atoms with van der Waals surface area (Å²) in [7, 11) is 1.65. The molecule has 0 spiro atoms. The quantitative estimate of drug-likeness (QED) is 0.449. The SMILES string of the molecule is COCC(Cc1cccc(F)c1-c1cc(-c2ccc(F)cc2)n[nH]1)c1ccccn1. The number of nitrogens with one attached hydrogen (secondary N) is 1. The topological polar surface area (TPSA) is 50.8 Å². The van der Waals surface area contributed by atoms with Crippen molar-refractivity contribution in [3.05, 3.63) is 95.8 Å². The first kappa shape index (κ1) is 19.9. The third-order valence-electron chi connectivity index (χ3n) is 5.03. The van der Waals surface area contributed by atoms with Gasteiger partial charge in [0.1, 0.15) is 11.6 Å². The number of rotatable bonds is 7. The number of aromatic amines is 1. The second-order valence-corrected chi connectivity index (χ2v) is 7.06. The lowest BCUT2D eigenvalue weighted by Gasteiger charge is -2.18. The van der Waals surface area contributed by atoms with E-state index in [1.54, 1.807) is 37.6 Å². The number of halogens is 2. The molecule has 1 N–H and O–H groups in total. The normalized spacial score (nSPS) is 12.1. The molecular formula is C24H21F2N3O. The Hall–Kier alpha value is -3.38. The summed E-state index contributed by atoms with van der Waals surface area (Å²) in [6.45, 7) is 0.469. The fraction of sp³-hybridized carbons (Fsp3) is 0.167. The number of H-pyrrole nitrogens is 1. The maximum atomic E-state index is 14.9. The zero-order valence-corrected chi connectivity index (χ0v) is 16.5. The van der Waals surface area contributed by atoms with Gasteiger partial charge in [-0.15, -0.1) is 0 Å². The van der Waals surface area contributed by atoms with Crippen LogP contribution in [0.5, 0.6) is 0 Å². The molecule has 0 saturated carbocycles. The molecule has 0 aliphatic heterocycles. The van der Waals surface area contributed by atoms with Gasteiger partial charge in [0, 0.05) is 36.0 Å². The first-order valence-electron chi connectivity index (χ1n) is 9.64. The number of pyridine rings is 1. The van der Waals surface area contributed by atoms with E-state index in [4.69, 9.17) is 4.74 Å². The van der Waals surface area contributed by atoms with Gasteiger partial charge in [0.25, 0.3) is 0 Å². The molecule has 2 heterocycles. The number of benzene rings is 2. The maximum Gasteiger partial charge on any atom is 0.132 e. The minimum absolute atomic E-state index is 0.0174. The van der Waals surface area contributed by atoms with E-state index in [2.05, 4.69) is 15.2 Å². The van der Waals surface area contributed by atoms with Crippen LogP contribution in [-0.4, -0.2) is 28.9 Å². The van der Waals surface area contributed by atoms with Crippen molar-refractivity contribution in [3.63, 3.8) is 0 Å². The van der Waals surface area contributed by atoms with Crippen molar-refractivity contribution in [3.8, 4) is 22.5 Å². The molecule has 6 heteroatoms. The second-order valence-electron chi connectivity index (χ2n) is 7.06. The van der Waals surface area contributed by atoms with Crippen LogP contribution in [0.1, 0.15) is 17.2 Å².